The van der Waals surface area contributed by atoms with Gasteiger partial charge in [-0.05, 0) is 31.7 Å². The van der Waals surface area contributed by atoms with E-state index in [1.165, 1.54) is 6.07 Å². The van der Waals surface area contributed by atoms with Gasteiger partial charge in [0.15, 0.2) is 5.75 Å². The standard InChI is InChI=1S/C15H15ClN2O3/c1-10-6-7-13(18(19)20)14(8-10)21-15-11(9-17-2)4-3-5-12(15)16/h3-8,17H,9H2,1-2H3. The average Bonchev–Trinajstić information content (AvgIpc) is 2.42. The van der Waals surface area contributed by atoms with Gasteiger partial charge in [-0.2, -0.15) is 0 Å². The van der Waals surface area contributed by atoms with Crippen LogP contribution in [-0.2, 0) is 6.54 Å². The fraction of sp³-hybridized carbons (Fsp3) is 0.200. The molecule has 2 rings (SSSR count). The first-order chi connectivity index (χ1) is 10.0. The second kappa shape index (κ2) is 6.56. The Balaban J connectivity index is 2.47. The molecule has 0 aliphatic rings. The topological polar surface area (TPSA) is 64.4 Å². The van der Waals surface area contributed by atoms with Crippen LogP contribution in [0.15, 0.2) is 36.4 Å². The van der Waals surface area contributed by atoms with Crippen LogP contribution in [-0.4, -0.2) is 12.0 Å². The molecule has 0 radical (unpaired) electrons. The number of nitrogens with zero attached hydrogens (tertiary/aromatic N) is 1. The van der Waals surface area contributed by atoms with Crippen molar-refractivity contribution in [2.45, 2.75) is 13.5 Å². The lowest BCUT2D eigenvalue weighted by Crippen LogP contribution is -2.07. The molecule has 0 spiro atoms. The SMILES string of the molecule is CNCc1cccc(Cl)c1Oc1cc(C)ccc1[N+](=O)[O-]. The fourth-order valence-corrected chi connectivity index (χ4v) is 2.19. The lowest BCUT2D eigenvalue weighted by atomic mass is 10.2. The average molecular weight is 307 g/mol. The van der Waals surface area contributed by atoms with Crippen LogP contribution in [0.2, 0.25) is 5.02 Å². The molecule has 2 aromatic rings. The number of benzene rings is 2. The molecule has 110 valence electrons. The first-order valence-corrected chi connectivity index (χ1v) is 6.75. The molecule has 0 aromatic heterocycles. The molecule has 0 bridgehead atoms. The molecule has 2 aromatic carbocycles. The summed E-state index contributed by atoms with van der Waals surface area (Å²) in [5.74, 6) is 0.618. The Bertz CT molecular complexity index is 674. The predicted octanol–water partition coefficient (Wildman–Crippen LogP) is 4.07. The van der Waals surface area contributed by atoms with Crippen molar-refractivity contribution >= 4 is 17.3 Å². The Morgan fingerprint density at radius 1 is 1.33 bits per heavy atom. The maximum Gasteiger partial charge on any atom is 0.311 e. The number of nitrogens with one attached hydrogen (secondary N) is 1. The highest BCUT2D eigenvalue weighted by molar-refractivity contribution is 6.32. The van der Waals surface area contributed by atoms with Crippen molar-refractivity contribution in [3.63, 3.8) is 0 Å². The van der Waals surface area contributed by atoms with Gasteiger partial charge in [0.2, 0.25) is 5.75 Å². The van der Waals surface area contributed by atoms with Crippen LogP contribution in [0.4, 0.5) is 5.69 Å². The van der Waals surface area contributed by atoms with E-state index in [2.05, 4.69) is 5.32 Å². The zero-order chi connectivity index (χ0) is 15.4. The largest absolute Gasteiger partial charge is 0.448 e. The van der Waals surface area contributed by atoms with Gasteiger partial charge in [-0.15, -0.1) is 0 Å². The summed E-state index contributed by atoms with van der Waals surface area (Å²) in [6, 6.07) is 10.1. The molecule has 1 N–H and O–H groups in total. The molecule has 5 nitrogen and oxygen atoms in total. The number of halogens is 1. The summed E-state index contributed by atoms with van der Waals surface area (Å²) in [5.41, 5.74) is 1.62. The van der Waals surface area contributed by atoms with Crippen molar-refractivity contribution in [2.75, 3.05) is 7.05 Å². The summed E-state index contributed by atoms with van der Waals surface area (Å²) in [6.07, 6.45) is 0. The summed E-state index contributed by atoms with van der Waals surface area (Å²) in [6.45, 7) is 2.40. The Labute approximate surface area is 127 Å². The van der Waals surface area contributed by atoms with Crippen LogP contribution in [0, 0.1) is 17.0 Å². The van der Waals surface area contributed by atoms with Crippen molar-refractivity contribution in [2.24, 2.45) is 0 Å². The fourth-order valence-electron chi connectivity index (χ4n) is 1.96. The molecule has 0 amide bonds. The molecule has 21 heavy (non-hydrogen) atoms. The summed E-state index contributed by atoms with van der Waals surface area (Å²) in [7, 11) is 1.81. The van der Waals surface area contributed by atoms with Gasteiger partial charge in [0.1, 0.15) is 0 Å². The highest BCUT2D eigenvalue weighted by Gasteiger charge is 2.18. The maximum atomic E-state index is 11.1. The molecule has 0 fully saturated rings. The van der Waals surface area contributed by atoms with Gasteiger partial charge in [0.05, 0.1) is 9.95 Å². The van der Waals surface area contributed by atoms with E-state index in [0.29, 0.717) is 17.3 Å². The number of nitro groups is 1. The Hall–Kier alpha value is -2.11. The third kappa shape index (κ3) is 3.51. The van der Waals surface area contributed by atoms with Gasteiger partial charge >= 0.3 is 5.69 Å². The third-order valence-electron chi connectivity index (χ3n) is 2.94. The van der Waals surface area contributed by atoms with Crippen molar-refractivity contribution < 1.29 is 9.66 Å². The second-order valence-electron chi connectivity index (χ2n) is 4.59. The second-order valence-corrected chi connectivity index (χ2v) is 5.00. The molecule has 0 saturated heterocycles. The van der Waals surface area contributed by atoms with Crippen LogP contribution < -0.4 is 10.1 Å². The van der Waals surface area contributed by atoms with E-state index in [-0.39, 0.29) is 11.4 Å². The van der Waals surface area contributed by atoms with Crippen molar-refractivity contribution in [1.29, 1.82) is 0 Å². The lowest BCUT2D eigenvalue weighted by Gasteiger charge is -2.13. The van der Waals surface area contributed by atoms with E-state index in [4.69, 9.17) is 16.3 Å². The molecule has 0 atom stereocenters. The molecule has 0 aliphatic heterocycles. The number of aryl methyl sites for hydroxylation is 1. The van der Waals surface area contributed by atoms with E-state index in [1.807, 2.05) is 19.1 Å². The first-order valence-electron chi connectivity index (χ1n) is 6.38. The summed E-state index contributed by atoms with van der Waals surface area (Å²) < 4.78 is 5.75. The van der Waals surface area contributed by atoms with Gasteiger partial charge < -0.3 is 10.1 Å². The van der Waals surface area contributed by atoms with Crippen LogP contribution in [0.5, 0.6) is 11.5 Å². The molecular weight excluding hydrogens is 292 g/mol. The van der Waals surface area contributed by atoms with Gasteiger partial charge in [-0.1, -0.05) is 29.8 Å². The number of rotatable bonds is 5. The highest BCUT2D eigenvalue weighted by atomic mass is 35.5. The van der Waals surface area contributed by atoms with E-state index in [1.54, 1.807) is 25.2 Å². The van der Waals surface area contributed by atoms with E-state index in [9.17, 15) is 10.1 Å². The first kappa shape index (κ1) is 15.3. The number of nitro benzene ring substituents is 1. The summed E-state index contributed by atoms with van der Waals surface area (Å²) >= 11 is 6.16. The monoisotopic (exact) mass is 306 g/mol. The van der Waals surface area contributed by atoms with Crippen LogP contribution in [0.25, 0.3) is 0 Å². The van der Waals surface area contributed by atoms with Crippen LogP contribution in [0.1, 0.15) is 11.1 Å². The zero-order valence-corrected chi connectivity index (χ0v) is 12.5. The van der Waals surface area contributed by atoms with Gasteiger partial charge in [0.25, 0.3) is 0 Å². The van der Waals surface area contributed by atoms with Crippen molar-refractivity contribution in [3.05, 3.63) is 62.7 Å². The number of para-hydroxylation sites is 1. The van der Waals surface area contributed by atoms with Crippen LogP contribution >= 0.6 is 11.6 Å². The van der Waals surface area contributed by atoms with Crippen LogP contribution in [0.3, 0.4) is 0 Å². The Kier molecular flexibility index (Phi) is 4.77. The quantitative estimate of drug-likeness (QED) is 0.668. The van der Waals surface area contributed by atoms with E-state index in [0.717, 1.165) is 11.1 Å². The lowest BCUT2D eigenvalue weighted by molar-refractivity contribution is -0.385. The molecule has 0 saturated carbocycles. The predicted molar refractivity (Wildman–Crippen MR) is 82.1 cm³/mol. The number of hydrogen-bond donors (Lipinski definition) is 1. The molecule has 0 heterocycles. The minimum absolute atomic E-state index is 0.0871. The maximum absolute atomic E-state index is 11.1. The summed E-state index contributed by atoms with van der Waals surface area (Å²) in [4.78, 5) is 10.6. The minimum Gasteiger partial charge on any atom is -0.448 e. The number of ether oxygens (including phenoxy) is 1. The molecule has 0 aliphatic carbocycles. The van der Waals surface area contributed by atoms with Crippen molar-refractivity contribution in [1.82, 2.24) is 5.32 Å². The Morgan fingerprint density at radius 2 is 2.10 bits per heavy atom. The zero-order valence-electron chi connectivity index (χ0n) is 11.7. The normalized spacial score (nSPS) is 10.4. The minimum atomic E-state index is -0.469. The highest BCUT2D eigenvalue weighted by Crippen LogP contribution is 2.37. The van der Waals surface area contributed by atoms with Gasteiger partial charge in [-0.25, -0.2) is 0 Å². The van der Waals surface area contributed by atoms with Crippen molar-refractivity contribution in [3.8, 4) is 11.5 Å². The van der Waals surface area contributed by atoms with E-state index >= 15 is 0 Å². The smallest absolute Gasteiger partial charge is 0.311 e. The molecule has 6 heteroatoms. The summed E-state index contributed by atoms with van der Waals surface area (Å²) in [5, 5.41) is 14.5. The molecular formula is C15H15ClN2O3. The third-order valence-corrected chi connectivity index (χ3v) is 3.24. The van der Waals surface area contributed by atoms with Gasteiger partial charge in [0, 0.05) is 18.2 Å². The molecule has 0 unspecified atom stereocenters. The van der Waals surface area contributed by atoms with Gasteiger partial charge in [-0.3, -0.25) is 10.1 Å². The number of hydrogen-bond acceptors (Lipinski definition) is 4. The van der Waals surface area contributed by atoms with E-state index < -0.39 is 4.92 Å². The Morgan fingerprint density at radius 3 is 2.76 bits per heavy atom.